The van der Waals surface area contributed by atoms with Gasteiger partial charge >= 0.3 is 0 Å². The number of rotatable bonds is 3. The van der Waals surface area contributed by atoms with Gasteiger partial charge in [0.1, 0.15) is 0 Å². The zero-order valence-corrected chi connectivity index (χ0v) is 9.07. The second-order valence-corrected chi connectivity index (χ2v) is 4.44. The van der Waals surface area contributed by atoms with E-state index in [0.717, 1.165) is 24.0 Å². The predicted molar refractivity (Wildman–Crippen MR) is 58.5 cm³/mol. The molecule has 0 amide bonds. The number of aliphatic hydroxyl groups is 1. The van der Waals surface area contributed by atoms with Crippen LogP contribution in [0.4, 0.5) is 8.78 Å². The van der Waals surface area contributed by atoms with Gasteiger partial charge in [-0.15, -0.1) is 0 Å². The van der Waals surface area contributed by atoms with Crippen molar-refractivity contribution in [3.63, 3.8) is 0 Å². The fraction of sp³-hybridized carbons (Fsp3) is 0.538. The first-order chi connectivity index (χ1) is 7.72. The molecule has 2 rings (SSSR count). The Balaban J connectivity index is 2.22. The van der Waals surface area contributed by atoms with Crippen LogP contribution in [0, 0.1) is 5.92 Å². The van der Waals surface area contributed by atoms with Crippen molar-refractivity contribution in [3.8, 4) is 0 Å². The van der Waals surface area contributed by atoms with E-state index < -0.39 is 12.3 Å². The van der Waals surface area contributed by atoms with Crippen LogP contribution in [0.25, 0.3) is 0 Å². The zero-order valence-electron chi connectivity index (χ0n) is 9.07. The molecule has 1 aromatic rings. The molecular weight excluding hydrogens is 210 g/mol. The molecule has 0 heterocycles. The lowest BCUT2D eigenvalue weighted by atomic mass is 9.88. The lowest BCUT2D eigenvalue weighted by Crippen LogP contribution is -2.15. The van der Waals surface area contributed by atoms with E-state index in [4.69, 9.17) is 5.11 Å². The minimum Gasteiger partial charge on any atom is -0.392 e. The molecule has 0 aliphatic heterocycles. The van der Waals surface area contributed by atoms with Crippen molar-refractivity contribution in [1.29, 1.82) is 0 Å². The number of halogens is 2. The highest BCUT2D eigenvalue weighted by Gasteiger charge is 2.34. The minimum atomic E-state index is -2.23. The third-order valence-corrected chi connectivity index (χ3v) is 3.45. The monoisotopic (exact) mass is 226 g/mol. The molecular formula is C13H16F2O. The van der Waals surface area contributed by atoms with Crippen molar-refractivity contribution in [2.75, 3.05) is 0 Å². The summed E-state index contributed by atoms with van der Waals surface area (Å²) in [7, 11) is 0. The maximum atomic E-state index is 12.8. The van der Waals surface area contributed by atoms with Gasteiger partial charge in [0.25, 0.3) is 0 Å². The van der Waals surface area contributed by atoms with E-state index in [1.165, 1.54) is 0 Å². The van der Waals surface area contributed by atoms with E-state index in [2.05, 4.69) is 0 Å². The fourth-order valence-electron chi connectivity index (χ4n) is 2.63. The summed E-state index contributed by atoms with van der Waals surface area (Å²) < 4.78 is 25.6. The van der Waals surface area contributed by atoms with Crippen molar-refractivity contribution in [1.82, 2.24) is 0 Å². The summed E-state index contributed by atoms with van der Waals surface area (Å²) in [4.78, 5) is 0. The van der Waals surface area contributed by atoms with Crippen LogP contribution in [0.3, 0.4) is 0 Å². The molecule has 1 aromatic carbocycles. The molecule has 2 atom stereocenters. The van der Waals surface area contributed by atoms with E-state index >= 15 is 0 Å². The lowest BCUT2D eigenvalue weighted by molar-refractivity contribution is 0.0716. The Morgan fingerprint density at radius 3 is 2.81 bits per heavy atom. The van der Waals surface area contributed by atoms with Crippen LogP contribution in [-0.2, 0) is 6.61 Å². The van der Waals surface area contributed by atoms with Crippen LogP contribution < -0.4 is 0 Å². The molecule has 1 N–H and O–H groups in total. The Labute approximate surface area is 94.1 Å². The summed E-state index contributed by atoms with van der Waals surface area (Å²) in [6.07, 6.45) is 0.101. The van der Waals surface area contributed by atoms with E-state index in [-0.39, 0.29) is 12.5 Å². The molecule has 2 unspecified atom stereocenters. The zero-order chi connectivity index (χ0) is 11.5. The van der Waals surface area contributed by atoms with Gasteiger partial charge < -0.3 is 5.11 Å². The van der Waals surface area contributed by atoms with Gasteiger partial charge in [-0.3, -0.25) is 0 Å². The highest BCUT2D eigenvalue weighted by atomic mass is 19.3. The summed E-state index contributed by atoms with van der Waals surface area (Å²) in [5, 5.41) is 9.03. The van der Waals surface area contributed by atoms with Gasteiger partial charge in [0.15, 0.2) is 0 Å². The van der Waals surface area contributed by atoms with Crippen molar-refractivity contribution >= 4 is 0 Å². The van der Waals surface area contributed by atoms with Crippen LogP contribution in [-0.4, -0.2) is 11.5 Å². The predicted octanol–water partition coefficient (Wildman–Crippen LogP) is 3.33. The largest absolute Gasteiger partial charge is 0.392 e. The van der Waals surface area contributed by atoms with E-state index in [0.29, 0.717) is 6.42 Å². The number of benzene rings is 1. The van der Waals surface area contributed by atoms with Crippen molar-refractivity contribution in [2.45, 2.75) is 38.2 Å². The molecule has 0 saturated heterocycles. The van der Waals surface area contributed by atoms with Crippen LogP contribution in [0.5, 0.6) is 0 Å². The van der Waals surface area contributed by atoms with Crippen molar-refractivity contribution < 1.29 is 13.9 Å². The van der Waals surface area contributed by atoms with Crippen LogP contribution in [0.1, 0.15) is 36.3 Å². The van der Waals surface area contributed by atoms with Crippen molar-refractivity contribution in [3.05, 3.63) is 35.4 Å². The molecule has 1 saturated carbocycles. The number of hydrogen-bond acceptors (Lipinski definition) is 1. The first-order valence-electron chi connectivity index (χ1n) is 5.70. The quantitative estimate of drug-likeness (QED) is 0.838. The second-order valence-electron chi connectivity index (χ2n) is 4.44. The summed E-state index contributed by atoms with van der Waals surface area (Å²) in [6.45, 7) is -0.0279. The average molecular weight is 226 g/mol. The normalized spacial score (nSPS) is 25.2. The highest BCUT2D eigenvalue weighted by molar-refractivity contribution is 5.27. The molecule has 0 bridgehead atoms. The molecule has 1 fully saturated rings. The van der Waals surface area contributed by atoms with Gasteiger partial charge in [-0.2, -0.15) is 0 Å². The van der Waals surface area contributed by atoms with Crippen LogP contribution in [0.2, 0.25) is 0 Å². The van der Waals surface area contributed by atoms with Gasteiger partial charge in [0.2, 0.25) is 6.43 Å². The molecule has 0 aromatic heterocycles. The summed E-state index contributed by atoms with van der Waals surface area (Å²) in [5.74, 6) is -0.541. The molecule has 1 aliphatic rings. The van der Waals surface area contributed by atoms with Gasteiger partial charge in [0.05, 0.1) is 6.61 Å². The lowest BCUT2D eigenvalue weighted by Gasteiger charge is -2.19. The van der Waals surface area contributed by atoms with E-state index in [1.54, 1.807) is 0 Å². The number of hydrogen-bond donors (Lipinski definition) is 1. The summed E-state index contributed by atoms with van der Waals surface area (Å²) in [5.41, 5.74) is 1.76. The maximum absolute atomic E-state index is 12.8. The van der Waals surface area contributed by atoms with Crippen molar-refractivity contribution in [2.24, 2.45) is 5.92 Å². The van der Waals surface area contributed by atoms with Gasteiger partial charge in [-0.25, -0.2) is 8.78 Å². The maximum Gasteiger partial charge on any atom is 0.242 e. The molecule has 3 heteroatoms. The molecule has 1 nitrogen and oxygen atoms in total. The van der Waals surface area contributed by atoms with Crippen LogP contribution in [0.15, 0.2) is 24.3 Å². The van der Waals surface area contributed by atoms with Crippen LogP contribution >= 0.6 is 0 Å². The average Bonchev–Trinajstić information content (AvgIpc) is 2.78. The van der Waals surface area contributed by atoms with E-state index in [9.17, 15) is 8.78 Å². The first kappa shape index (κ1) is 11.5. The third-order valence-electron chi connectivity index (χ3n) is 3.45. The Morgan fingerprint density at radius 1 is 1.31 bits per heavy atom. The van der Waals surface area contributed by atoms with Gasteiger partial charge in [-0.1, -0.05) is 30.7 Å². The topological polar surface area (TPSA) is 20.2 Å². The minimum absolute atomic E-state index is 0.0279. The Morgan fingerprint density at radius 2 is 2.12 bits per heavy atom. The number of aliphatic hydroxyl groups excluding tert-OH is 1. The molecule has 16 heavy (non-hydrogen) atoms. The Kier molecular flexibility index (Phi) is 3.54. The Bertz CT molecular complexity index is 352. The van der Waals surface area contributed by atoms with E-state index in [1.807, 2.05) is 24.3 Å². The Hall–Kier alpha value is -0.960. The summed E-state index contributed by atoms with van der Waals surface area (Å²) >= 11 is 0. The van der Waals surface area contributed by atoms with Gasteiger partial charge in [-0.05, 0) is 29.9 Å². The fourth-order valence-corrected chi connectivity index (χ4v) is 2.63. The standard InChI is InChI=1S/C13H16F2O/c14-13(15)12-6-2-5-11(12)10-4-1-3-9(7-10)8-16/h1,3-4,7,11-13,16H,2,5-6,8H2. The third kappa shape index (κ3) is 2.24. The second kappa shape index (κ2) is 4.91. The first-order valence-corrected chi connectivity index (χ1v) is 5.70. The SMILES string of the molecule is OCc1cccc(C2CCCC2C(F)F)c1. The molecule has 0 radical (unpaired) electrons. The molecule has 1 aliphatic carbocycles. The highest BCUT2D eigenvalue weighted by Crippen LogP contribution is 2.42. The number of alkyl halides is 2. The van der Waals surface area contributed by atoms with Gasteiger partial charge in [0, 0.05) is 5.92 Å². The smallest absolute Gasteiger partial charge is 0.242 e. The molecule has 0 spiro atoms. The summed E-state index contributed by atoms with van der Waals surface area (Å²) in [6, 6.07) is 7.40. The molecule has 88 valence electrons.